The SMILES string of the molecule is CC(C)(C)c1ccc2c(c1)c1cc(C(C)(C)C)ccc1n2-c1cccc(N(c2ccccc2)c2cccc3ccccc23)c1Br. The average molecular weight is 652 g/mol. The smallest absolute Gasteiger partial charge is 0.0656 e. The van der Waals surface area contributed by atoms with Gasteiger partial charge in [-0.15, -0.1) is 0 Å². The van der Waals surface area contributed by atoms with E-state index in [1.54, 1.807) is 0 Å². The predicted molar refractivity (Wildman–Crippen MR) is 198 cm³/mol. The van der Waals surface area contributed by atoms with Crippen LogP contribution in [0.4, 0.5) is 17.1 Å². The van der Waals surface area contributed by atoms with Crippen LogP contribution in [-0.2, 0) is 10.8 Å². The van der Waals surface area contributed by atoms with Gasteiger partial charge in [-0.05, 0) is 97.9 Å². The minimum atomic E-state index is 0.0550. The van der Waals surface area contributed by atoms with Crippen LogP contribution in [-0.4, -0.2) is 4.57 Å². The molecule has 0 fully saturated rings. The van der Waals surface area contributed by atoms with Gasteiger partial charge in [0.15, 0.2) is 0 Å². The number of para-hydroxylation sites is 1. The molecule has 7 aromatic rings. The van der Waals surface area contributed by atoms with Gasteiger partial charge in [-0.3, -0.25) is 0 Å². The zero-order valence-electron chi connectivity index (χ0n) is 26.9. The Kier molecular flexibility index (Phi) is 7.13. The summed E-state index contributed by atoms with van der Waals surface area (Å²) in [5, 5.41) is 5.00. The molecule has 7 rings (SSSR count). The summed E-state index contributed by atoms with van der Waals surface area (Å²) in [5.41, 5.74) is 9.66. The van der Waals surface area contributed by atoms with Crippen molar-refractivity contribution < 1.29 is 0 Å². The molecule has 0 atom stereocenters. The van der Waals surface area contributed by atoms with Crippen LogP contribution < -0.4 is 4.90 Å². The molecular formula is C42H39BrN2. The summed E-state index contributed by atoms with van der Waals surface area (Å²) >= 11 is 4.16. The van der Waals surface area contributed by atoms with E-state index in [-0.39, 0.29) is 10.8 Å². The van der Waals surface area contributed by atoms with Gasteiger partial charge in [-0.25, -0.2) is 0 Å². The summed E-state index contributed by atoms with van der Waals surface area (Å²) in [6.45, 7) is 13.7. The summed E-state index contributed by atoms with van der Waals surface area (Å²) in [7, 11) is 0. The fourth-order valence-electron chi connectivity index (χ4n) is 6.46. The number of benzene rings is 6. The molecule has 0 saturated carbocycles. The number of hydrogen-bond acceptors (Lipinski definition) is 1. The lowest BCUT2D eigenvalue weighted by Gasteiger charge is -2.28. The van der Waals surface area contributed by atoms with Crippen molar-refractivity contribution in [3.05, 3.63) is 143 Å². The Morgan fingerprint density at radius 2 is 1.04 bits per heavy atom. The van der Waals surface area contributed by atoms with Crippen LogP contribution in [0.1, 0.15) is 52.7 Å². The second-order valence-electron chi connectivity index (χ2n) is 14.1. The van der Waals surface area contributed by atoms with Gasteiger partial charge in [0.2, 0.25) is 0 Å². The zero-order chi connectivity index (χ0) is 31.5. The minimum absolute atomic E-state index is 0.0550. The molecule has 0 saturated heterocycles. The number of halogens is 1. The van der Waals surface area contributed by atoms with Crippen LogP contribution in [0.25, 0.3) is 38.3 Å². The second kappa shape index (κ2) is 10.9. The van der Waals surface area contributed by atoms with Gasteiger partial charge in [0.1, 0.15) is 0 Å². The second-order valence-corrected chi connectivity index (χ2v) is 14.9. The molecule has 0 amide bonds. The molecule has 0 spiro atoms. The molecule has 3 heteroatoms. The number of aromatic nitrogens is 1. The summed E-state index contributed by atoms with van der Waals surface area (Å²) in [6.07, 6.45) is 0. The quantitative estimate of drug-likeness (QED) is 0.184. The van der Waals surface area contributed by atoms with Crippen LogP contribution in [0, 0.1) is 0 Å². The van der Waals surface area contributed by atoms with Crippen molar-refractivity contribution in [1.29, 1.82) is 0 Å². The van der Waals surface area contributed by atoms with E-state index >= 15 is 0 Å². The molecule has 0 N–H and O–H groups in total. The minimum Gasteiger partial charge on any atom is -0.309 e. The molecular weight excluding hydrogens is 612 g/mol. The Bertz CT molecular complexity index is 2120. The number of rotatable bonds is 4. The van der Waals surface area contributed by atoms with E-state index < -0.39 is 0 Å². The van der Waals surface area contributed by atoms with Gasteiger partial charge < -0.3 is 9.47 Å². The van der Waals surface area contributed by atoms with Gasteiger partial charge in [-0.1, -0.05) is 114 Å². The zero-order valence-corrected chi connectivity index (χ0v) is 28.5. The standard InChI is InChI=1S/C42H39BrN2/c1-41(2,3)29-22-24-36-33(26-29)34-27-30(42(4,5)6)23-25-37(34)45(36)39-21-13-20-38(40(39)43)44(31-16-8-7-9-17-31)35-19-12-15-28-14-10-11-18-32(28)35/h7-27H,1-6H3. The van der Waals surface area contributed by atoms with Gasteiger partial charge in [-0.2, -0.15) is 0 Å². The molecule has 2 nitrogen and oxygen atoms in total. The Morgan fingerprint density at radius 3 is 1.67 bits per heavy atom. The number of nitrogens with zero attached hydrogens (tertiary/aromatic N) is 2. The highest BCUT2D eigenvalue weighted by molar-refractivity contribution is 9.10. The Morgan fingerprint density at radius 1 is 0.511 bits per heavy atom. The highest BCUT2D eigenvalue weighted by Gasteiger charge is 2.24. The first kappa shape index (κ1) is 29.4. The topological polar surface area (TPSA) is 8.17 Å². The lowest BCUT2D eigenvalue weighted by atomic mass is 9.85. The summed E-state index contributed by atoms with van der Waals surface area (Å²) in [4.78, 5) is 2.37. The Hall–Kier alpha value is -4.34. The fraction of sp³-hybridized carbons (Fsp3) is 0.190. The summed E-state index contributed by atoms with van der Waals surface area (Å²) in [5.74, 6) is 0. The Labute approximate surface area is 275 Å². The lowest BCUT2D eigenvalue weighted by Crippen LogP contribution is -2.12. The third-order valence-electron chi connectivity index (χ3n) is 8.96. The van der Waals surface area contributed by atoms with Crippen molar-refractivity contribution in [2.45, 2.75) is 52.4 Å². The van der Waals surface area contributed by atoms with E-state index in [4.69, 9.17) is 0 Å². The van der Waals surface area contributed by atoms with Crippen molar-refractivity contribution in [1.82, 2.24) is 4.57 Å². The molecule has 0 aliphatic heterocycles. The van der Waals surface area contributed by atoms with Crippen molar-refractivity contribution in [2.75, 3.05) is 4.90 Å². The number of anilines is 3. The number of hydrogen-bond donors (Lipinski definition) is 0. The number of fused-ring (bicyclic) bond motifs is 4. The van der Waals surface area contributed by atoms with E-state index in [1.807, 2.05) is 0 Å². The molecule has 1 aromatic heterocycles. The highest BCUT2D eigenvalue weighted by atomic mass is 79.9. The Balaban J connectivity index is 1.52. The van der Waals surface area contributed by atoms with Gasteiger partial charge >= 0.3 is 0 Å². The van der Waals surface area contributed by atoms with Crippen LogP contribution in [0.15, 0.2) is 132 Å². The first-order chi connectivity index (χ1) is 21.5. The maximum absolute atomic E-state index is 4.16. The molecule has 1 heterocycles. The molecule has 0 radical (unpaired) electrons. The van der Waals surface area contributed by atoms with Gasteiger partial charge in [0.05, 0.1) is 32.6 Å². The molecule has 0 unspecified atom stereocenters. The van der Waals surface area contributed by atoms with E-state index in [0.29, 0.717) is 0 Å². The molecule has 45 heavy (non-hydrogen) atoms. The van der Waals surface area contributed by atoms with E-state index in [1.165, 1.54) is 43.7 Å². The molecule has 0 aliphatic carbocycles. The molecule has 6 aromatic carbocycles. The van der Waals surface area contributed by atoms with Gasteiger partial charge in [0, 0.05) is 21.8 Å². The molecule has 0 aliphatic rings. The normalized spacial score (nSPS) is 12.3. The first-order valence-electron chi connectivity index (χ1n) is 15.7. The lowest BCUT2D eigenvalue weighted by molar-refractivity contribution is 0.590. The molecule has 224 valence electrons. The maximum Gasteiger partial charge on any atom is 0.0656 e. The van der Waals surface area contributed by atoms with Crippen LogP contribution in [0.5, 0.6) is 0 Å². The summed E-state index contributed by atoms with van der Waals surface area (Å²) in [6, 6.07) is 46.5. The van der Waals surface area contributed by atoms with Crippen LogP contribution in [0.2, 0.25) is 0 Å². The van der Waals surface area contributed by atoms with E-state index in [9.17, 15) is 0 Å². The van der Waals surface area contributed by atoms with Crippen molar-refractivity contribution >= 4 is 65.6 Å². The predicted octanol–water partition coefficient (Wildman–Crippen LogP) is 12.8. The van der Waals surface area contributed by atoms with Crippen LogP contribution in [0.3, 0.4) is 0 Å². The van der Waals surface area contributed by atoms with E-state index in [0.717, 1.165) is 27.2 Å². The first-order valence-corrected chi connectivity index (χ1v) is 16.5. The van der Waals surface area contributed by atoms with Crippen molar-refractivity contribution in [3.63, 3.8) is 0 Å². The van der Waals surface area contributed by atoms with Crippen LogP contribution >= 0.6 is 15.9 Å². The summed E-state index contributed by atoms with van der Waals surface area (Å²) < 4.78 is 3.48. The fourth-order valence-corrected chi connectivity index (χ4v) is 7.08. The van der Waals surface area contributed by atoms with Crippen molar-refractivity contribution in [2.24, 2.45) is 0 Å². The largest absolute Gasteiger partial charge is 0.309 e. The highest BCUT2D eigenvalue weighted by Crippen LogP contribution is 2.45. The van der Waals surface area contributed by atoms with Gasteiger partial charge in [0.25, 0.3) is 0 Å². The third kappa shape index (κ3) is 5.14. The third-order valence-corrected chi connectivity index (χ3v) is 9.77. The maximum atomic E-state index is 4.16. The van der Waals surface area contributed by atoms with Crippen molar-refractivity contribution in [3.8, 4) is 5.69 Å². The average Bonchev–Trinajstić information content (AvgIpc) is 3.35. The van der Waals surface area contributed by atoms with E-state index in [2.05, 4.69) is 194 Å². The monoisotopic (exact) mass is 650 g/mol. The molecule has 0 bridgehead atoms.